The van der Waals surface area contributed by atoms with Crippen LogP contribution in [0, 0.1) is 6.92 Å². The Labute approximate surface area is 75.5 Å². The molecule has 1 heterocycles. The van der Waals surface area contributed by atoms with Crippen molar-refractivity contribution in [2.24, 2.45) is 0 Å². The molecule has 68 valence electrons. The van der Waals surface area contributed by atoms with Gasteiger partial charge in [-0.15, -0.1) is 0 Å². The van der Waals surface area contributed by atoms with Gasteiger partial charge in [0.05, 0.1) is 11.4 Å². The molecular weight excluding hydrogens is 198 g/mol. The number of aryl methyl sites for hydroxylation is 1. The smallest absolute Gasteiger partial charge is 0.309 e. The van der Waals surface area contributed by atoms with Crippen molar-refractivity contribution >= 4 is 21.7 Å². The molecule has 0 N–H and O–H groups in total. The van der Waals surface area contributed by atoms with Crippen molar-refractivity contribution in [2.75, 3.05) is 5.75 Å². The lowest BCUT2D eigenvalue weighted by molar-refractivity contribution is 0.494. The highest BCUT2D eigenvalue weighted by Gasteiger charge is 2.10. The summed E-state index contributed by atoms with van der Waals surface area (Å²) in [4.78, 5) is 0. The molecule has 0 spiro atoms. The van der Waals surface area contributed by atoms with Gasteiger partial charge in [0.2, 0.25) is 5.06 Å². The van der Waals surface area contributed by atoms with Crippen LogP contribution in [0.5, 0.6) is 5.06 Å². The molecule has 12 heavy (non-hydrogen) atoms. The van der Waals surface area contributed by atoms with E-state index in [1.165, 1.54) is 6.92 Å². The molecule has 1 aromatic heterocycles. The largest absolute Gasteiger partial charge is 0.370 e. The monoisotopic (exact) mass is 207 g/mol. The Kier molecular flexibility index (Phi) is 2.69. The van der Waals surface area contributed by atoms with Crippen molar-refractivity contribution in [1.82, 2.24) is 4.37 Å². The fraction of sp³-hybridized carbons (Fsp3) is 0.500. The predicted molar refractivity (Wildman–Crippen MR) is 46.9 cm³/mol. The molecule has 0 unspecified atom stereocenters. The van der Waals surface area contributed by atoms with Crippen molar-refractivity contribution in [2.45, 2.75) is 13.8 Å². The molecule has 4 nitrogen and oxygen atoms in total. The van der Waals surface area contributed by atoms with Gasteiger partial charge in [0.1, 0.15) is 0 Å². The third kappa shape index (κ3) is 2.46. The van der Waals surface area contributed by atoms with Gasteiger partial charge >= 0.3 is 10.1 Å². The summed E-state index contributed by atoms with van der Waals surface area (Å²) in [7, 11) is -3.39. The van der Waals surface area contributed by atoms with Crippen LogP contribution in [0.2, 0.25) is 0 Å². The summed E-state index contributed by atoms with van der Waals surface area (Å²) in [6.45, 7) is 3.31. The quantitative estimate of drug-likeness (QED) is 0.698. The second kappa shape index (κ2) is 3.40. The number of nitrogens with zero attached hydrogens (tertiary/aromatic N) is 1. The molecular formula is C6H9NO3S2. The van der Waals surface area contributed by atoms with E-state index in [1.807, 2.05) is 0 Å². The first-order valence-electron chi connectivity index (χ1n) is 3.39. The molecule has 0 atom stereocenters. The van der Waals surface area contributed by atoms with Crippen LogP contribution in [0.15, 0.2) is 6.07 Å². The Morgan fingerprint density at radius 2 is 2.33 bits per heavy atom. The minimum absolute atomic E-state index is 0.0239. The maximum atomic E-state index is 10.9. The predicted octanol–water partition coefficient (Wildman–Crippen LogP) is 1.18. The summed E-state index contributed by atoms with van der Waals surface area (Å²) in [5, 5.41) is 0.328. The average Bonchev–Trinajstić information content (AvgIpc) is 2.35. The molecule has 0 aliphatic carbocycles. The minimum atomic E-state index is -3.39. The topological polar surface area (TPSA) is 56.3 Å². The zero-order chi connectivity index (χ0) is 9.19. The number of aromatic nitrogens is 1. The Balaban J connectivity index is 2.77. The van der Waals surface area contributed by atoms with E-state index in [4.69, 9.17) is 4.18 Å². The number of hydrogen-bond acceptors (Lipinski definition) is 5. The molecule has 0 bridgehead atoms. The number of rotatable bonds is 3. The van der Waals surface area contributed by atoms with Gasteiger partial charge in [0.15, 0.2) is 0 Å². The summed E-state index contributed by atoms with van der Waals surface area (Å²) in [6.07, 6.45) is 0. The van der Waals surface area contributed by atoms with Crippen LogP contribution in [0.1, 0.15) is 12.6 Å². The summed E-state index contributed by atoms with van der Waals surface area (Å²) in [5.74, 6) is -0.0239. The van der Waals surface area contributed by atoms with Gasteiger partial charge in [-0.2, -0.15) is 12.8 Å². The molecule has 0 aliphatic rings. The zero-order valence-electron chi connectivity index (χ0n) is 6.77. The summed E-state index contributed by atoms with van der Waals surface area (Å²) in [5.41, 5.74) is 0.765. The van der Waals surface area contributed by atoms with Crippen molar-refractivity contribution in [3.8, 4) is 5.06 Å². The lowest BCUT2D eigenvalue weighted by Crippen LogP contribution is -2.10. The molecule has 0 radical (unpaired) electrons. The van der Waals surface area contributed by atoms with E-state index >= 15 is 0 Å². The van der Waals surface area contributed by atoms with Crippen LogP contribution in [0.3, 0.4) is 0 Å². The zero-order valence-corrected chi connectivity index (χ0v) is 8.41. The molecule has 0 aromatic carbocycles. The molecule has 0 aliphatic heterocycles. The van der Waals surface area contributed by atoms with Gasteiger partial charge < -0.3 is 4.18 Å². The van der Waals surface area contributed by atoms with Crippen molar-refractivity contribution in [3.05, 3.63) is 11.8 Å². The van der Waals surface area contributed by atoms with E-state index in [-0.39, 0.29) is 5.75 Å². The second-order valence-electron chi connectivity index (χ2n) is 2.22. The van der Waals surface area contributed by atoms with E-state index in [9.17, 15) is 8.42 Å². The standard InChI is InChI=1S/C6H9NO3S2/c1-3-12(8,9)10-6-4-5(2)7-11-6/h4H,3H2,1-2H3. The van der Waals surface area contributed by atoms with Gasteiger partial charge in [-0.3, -0.25) is 0 Å². The van der Waals surface area contributed by atoms with Crippen molar-refractivity contribution < 1.29 is 12.6 Å². The Hall–Kier alpha value is -0.620. The Morgan fingerprint density at radius 3 is 2.75 bits per heavy atom. The van der Waals surface area contributed by atoms with Gasteiger partial charge in [-0.25, -0.2) is 0 Å². The van der Waals surface area contributed by atoms with Crippen molar-refractivity contribution in [1.29, 1.82) is 0 Å². The molecule has 0 saturated heterocycles. The lowest BCUT2D eigenvalue weighted by Gasteiger charge is -1.98. The first kappa shape index (κ1) is 9.47. The van der Waals surface area contributed by atoms with Gasteiger partial charge in [-0.1, -0.05) is 0 Å². The lowest BCUT2D eigenvalue weighted by atomic mass is 10.5. The molecule has 1 rings (SSSR count). The first-order chi connectivity index (χ1) is 5.53. The van der Waals surface area contributed by atoms with Crippen LogP contribution < -0.4 is 4.18 Å². The van der Waals surface area contributed by atoms with E-state index in [0.717, 1.165) is 17.2 Å². The number of hydrogen-bond donors (Lipinski definition) is 0. The third-order valence-electron chi connectivity index (χ3n) is 1.17. The normalized spacial score (nSPS) is 11.5. The summed E-state index contributed by atoms with van der Waals surface area (Å²) in [6, 6.07) is 1.60. The highest BCUT2D eigenvalue weighted by atomic mass is 32.2. The highest BCUT2D eigenvalue weighted by Crippen LogP contribution is 2.20. The van der Waals surface area contributed by atoms with E-state index in [2.05, 4.69) is 4.37 Å². The molecule has 0 saturated carbocycles. The van der Waals surface area contributed by atoms with Gasteiger partial charge in [-0.05, 0) is 13.8 Å². The van der Waals surface area contributed by atoms with E-state index < -0.39 is 10.1 Å². The van der Waals surface area contributed by atoms with Gasteiger partial charge in [0, 0.05) is 17.6 Å². The first-order valence-corrected chi connectivity index (χ1v) is 5.74. The van der Waals surface area contributed by atoms with Crippen LogP contribution in [-0.4, -0.2) is 18.5 Å². The fourth-order valence-electron chi connectivity index (χ4n) is 0.564. The Bertz CT molecular complexity index is 355. The second-order valence-corrected chi connectivity index (χ2v) is 4.84. The fourth-order valence-corrected chi connectivity index (χ4v) is 1.92. The maximum Gasteiger partial charge on any atom is 0.309 e. The summed E-state index contributed by atoms with van der Waals surface area (Å²) >= 11 is 1.04. The van der Waals surface area contributed by atoms with Crippen LogP contribution in [-0.2, 0) is 10.1 Å². The Morgan fingerprint density at radius 1 is 1.67 bits per heavy atom. The minimum Gasteiger partial charge on any atom is -0.370 e. The van der Waals surface area contributed by atoms with E-state index in [0.29, 0.717) is 5.06 Å². The highest BCUT2D eigenvalue weighted by molar-refractivity contribution is 7.87. The average molecular weight is 207 g/mol. The molecule has 6 heteroatoms. The van der Waals surface area contributed by atoms with Crippen molar-refractivity contribution in [3.63, 3.8) is 0 Å². The molecule has 1 aromatic rings. The van der Waals surface area contributed by atoms with Crippen LogP contribution >= 0.6 is 11.5 Å². The van der Waals surface area contributed by atoms with E-state index in [1.54, 1.807) is 13.0 Å². The van der Waals surface area contributed by atoms with Gasteiger partial charge in [0.25, 0.3) is 0 Å². The molecule has 0 amide bonds. The maximum absolute atomic E-state index is 10.9. The van der Waals surface area contributed by atoms with Crippen LogP contribution in [0.25, 0.3) is 0 Å². The summed E-state index contributed by atoms with van der Waals surface area (Å²) < 4.78 is 30.5. The van der Waals surface area contributed by atoms with Crippen LogP contribution in [0.4, 0.5) is 0 Å². The molecule has 0 fully saturated rings. The SMILES string of the molecule is CCS(=O)(=O)Oc1cc(C)ns1. The third-order valence-corrected chi connectivity index (χ3v) is 3.18.